The largest absolute Gasteiger partial charge is 0.310 e. The highest BCUT2D eigenvalue weighted by atomic mass is 79.9. The molecule has 21 heavy (non-hydrogen) atoms. The molecule has 0 bridgehead atoms. The number of thiophene rings is 1. The first-order valence-corrected chi connectivity index (χ1v) is 10.2. The highest BCUT2D eigenvalue weighted by molar-refractivity contribution is 9.11. The Hall–Kier alpha value is 0.0500. The van der Waals surface area contributed by atoms with Crippen LogP contribution in [-0.2, 0) is 16.6 Å². The van der Waals surface area contributed by atoms with Gasteiger partial charge in [-0.15, -0.1) is 11.3 Å². The fourth-order valence-electron chi connectivity index (χ4n) is 1.96. The van der Waals surface area contributed by atoms with Gasteiger partial charge in [-0.2, -0.15) is 4.31 Å². The summed E-state index contributed by atoms with van der Waals surface area (Å²) < 4.78 is 27.6. The molecule has 0 aromatic carbocycles. The number of nitrogens with zero attached hydrogens (tertiary/aromatic N) is 1. The smallest absolute Gasteiger partial charge is 0.245 e. The second-order valence-corrected chi connectivity index (χ2v) is 9.97. The molecular formula is C14H25BrN2O2S2. The summed E-state index contributed by atoms with van der Waals surface area (Å²) in [6.45, 7) is 8.83. The van der Waals surface area contributed by atoms with Crippen molar-refractivity contribution in [2.45, 2.75) is 64.1 Å². The minimum Gasteiger partial charge on any atom is -0.310 e. The Morgan fingerprint density at radius 3 is 2.52 bits per heavy atom. The lowest BCUT2D eigenvalue weighted by molar-refractivity contribution is 0.368. The average Bonchev–Trinajstić information content (AvgIpc) is 2.77. The van der Waals surface area contributed by atoms with Crippen LogP contribution in [0.25, 0.3) is 0 Å². The lowest BCUT2D eigenvalue weighted by Crippen LogP contribution is -2.34. The second-order valence-electron chi connectivity index (χ2n) is 5.55. The van der Waals surface area contributed by atoms with Gasteiger partial charge in [0, 0.05) is 30.6 Å². The molecule has 0 saturated carbocycles. The molecule has 0 fully saturated rings. The molecule has 4 nitrogen and oxygen atoms in total. The van der Waals surface area contributed by atoms with Gasteiger partial charge in [-0.25, -0.2) is 8.42 Å². The van der Waals surface area contributed by atoms with Crippen molar-refractivity contribution < 1.29 is 8.42 Å². The molecule has 7 heteroatoms. The summed E-state index contributed by atoms with van der Waals surface area (Å²) in [7, 11) is -1.78. The standard InChI is InChI=1S/C14H25BrN2O2S2/c1-6-7-11(4)17(5)21(18,19)13-8-12(20-14(13)15)9-16-10(2)3/h8,10-11,16H,6-7,9H2,1-5H3. The van der Waals surface area contributed by atoms with Gasteiger partial charge in [0.1, 0.15) is 4.90 Å². The van der Waals surface area contributed by atoms with E-state index in [9.17, 15) is 8.42 Å². The predicted octanol–water partition coefficient (Wildman–Crippen LogP) is 3.82. The van der Waals surface area contributed by atoms with Gasteiger partial charge >= 0.3 is 0 Å². The average molecular weight is 397 g/mol. The Kier molecular flexibility index (Phi) is 7.33. The van der Waals surface area contributed by atoms with Crippen molar-refractivity contribution in [3.05, 3.63) is 14.7 Å². The van der Waals surface area contributed by atoms with Crippen molar-refractivity contribution in [2.75, 3.05) is 7.05 Å². The van der Waals surface area contributed by atoms with Crippen molar-refractivity contribution in [3.8, 4) is 0 Å². The lowest BCUT2D eigenvalue weighted by atomic mass is 10.2. The Morgan fingerprint density at radius 1 is 1.38 bits per heavy atom. The maximum atomic E-state index is 12.7. The number of hydrogen-bond acceptors (Lipinski definition) is 4. The van der Waals surface area contributed by atoms with E-state index in [0.717, 1.165) is 17.7 Å². The Labute approximate surface area is 141 Å². The number of nitrogens with one attached hydrogen (secondary N) is 1. The third kappa shape index (κ3) is 5.03. The zero-order chi connectivity index (χ0) is 16.2. The fraction of sp³-hybridized carbons (Fsp3) is 0.714. The molecule has 0 radical (unpaired) electrons. The molecule has 0 saturated heterocycles. The van der Waals surface area contributed by atoms with Gasteiger partial charge in [0.15, 0.2) is 0 Å². The maximum absolute atomic E-state index is 12.7. The van der Waals surface area contributed by atoms with Gasteiger partial charge in [-0.3, -0.25) is 0 Å². The molecule has 122 valence electrons. The van der Waals surface area contributed by atoms with Crippen LogP contribution < -0.4 is 5.32 Å². The fourth-order valence-corrected chi connectivity index (χ4v) is 5.93. The Bertz CT molecular complexity index is 555. The normalized spacial score (nSPS) is 14.1. The molecule has 1 aromatic heterocycles. The summed E-state index contributed by atoms with van der Waals surface area (Å²) in [6, 6.07) is 2.15. The maximum Gasteiger partial charge on any atom is 0.245 e. The number of halogens is 1. The summed E-state index contributed by atoms with van der Waals surface area (Å²) in [4.78, 5) is 1.39. The van der Waals surface area contributed by atoms with Crippen LogP contribution in [0.4, 0.5) is 0 Å². The van der Waals surface area contributed by atoms with Crippen molar-refractivity contribution in [1.82, 2.24) is 9.62 Å². The number of sulfonamides is 1. The van der Waals surface area contributed by atoms with Gasteiger partial charge in [0.2, 0.25) is 10.0 Å². The van der Waals surface area contributed by atoms with Crippen LogP contribution >= 0.6 is 27.3 Å². The summed E-state index contributed by atoms with van der Waals surface area (Å²) in [5, 5.41) is 3.31. The van der Waals surface area contributed by atoms with Crippen LogP contribution in [0.5, 0.6) is 0 Å². The lowest BCUT2D eigenvalue weighted by Gasteiger charge is -2.23. The molecule has 0 aliphatic carbocycles. The molecule has 1 heterocycles. The summed E-state index contributed by atoms with van der Waals surface area (Å²) in [5.41, 5.74) is 0. The molecule has 0 amide bonds. The van der Waals surface area contributed by atoms with Crippen molar-refractivity contribution >= 4 is 37.3 Å². The van der Waals surface area contributed by atoms with E-state index in [4.69, 9.17) is 0 Å². The predicted molar refractivity (Wildman–Crippen MR) is 93.3 cm³/mol. The molecule has 0 aliphatic rings. The molecule has 1 atom stereocenters. The molecule has 1 N–H and O–H groups in total. The van der Waals surface area contributed by atoms with Crippen molar-refractivity contribution in [1.29, 1.82) is 0 Å². The van der Waals surface area contributed by atoms with Gasteiger partial charge in [0.05, 0.1) is 3.79 Å². The third-order valence-corrected chi connectivity index (χ3v) is 7.60. The molecule has 0 aliphatic heterocycles. The van der Waals surface area contributed by atoms with Crippen LogP contribution in [-0.4, -0.2) is 31.9 Å². The van der Waals surface area contributed by atoms with Crippen molar-refractivity contribution in [3.63, 3.8) is 0 Å². The first kappa shape index (κ1) is 19.1. The Morgan fingerprint density at radius 2 is 2.00 bits per heavy atom. The van der Waals surface area contributed by atoms with Gasteiger partial charge in [0.25, 0.3) is 0 Å². The van der Waals surface area contributed by atoms with E-state index in [2.05, 4.69) is 42.0 Å². The quantitative estimate of drug-likeness (QED) is 0.726. The minimum absolute atomic E-state index is 0.00374. The monoisotopic (exact) mass is 396 g/mol. The van der Waals surface area contributed by atoms with Gasteiger partial charge in [-0.1, -0.05) is 27.2 Å². The Balaban J connectivity index is 2.98. The van der Waals surface area contributed by atoms with Crippen LogP contribution in [0, 0.1) is 0 Å². The third-order valence-electron chi connectivity index (χ3n) is 3.38. The zero-order valence-electron chi connectivity index (χ0n) is 13.3. The first-order chi connectivity index (χ1) is 9.70. The minimum atomic E-state index is -3.44. The number of hydrogen-bond donors (Lipinski definition) is 1. The number of rotatable bonds is 8. The SMILES string of the molecule is CCCC(C)N(C)S(=O)(=O)c1cc(CNC(C)C)sc1Br. The van der Waals surface area contributed by atoms with Crippen LogP contribution in [0.15, 0.2) is 14.7 Å². The molecular weight excluding hydrogens is 372 g/mol. The highest BCUT2D eigenvalue weighted by Crippen LogP contribution is 2.34. The van der Waals surface area contributed by atoms with E-state index in [1.165, 1.54) is 15.6 Å². The van der Waals surface area contributed by atoms with Crippen LogP contribution in [0.1, 0.15) is 45.4 Å². The van der Waals surface area contributed by atoms with E-state index in [-0.39, 0.29) is 6.04 Å². The molecule has 0 spiro atoms. The van der Waals surface area contributed by atoms with Gasteiger partial charge < -0.3 is 5.32 Å². The second kappa shape index (κ2) is 8.06. The van der Waals surface area contributed by atoms with Crippen LogP contribution in [0.2, 0.25) is 0 Å². The van der Waals surface area contributed by atoms with E-state index in [0.29, 0.717) is 21.3 Å². The molecule has 1 aromatic rings. The molecule has 1 rings (SSSR count). The van der Waals surface area contributed by atoms with E-state index >= 15 is 0 Å². The van der Waals surface area contributed by atoms with E-state index in [1.54, 1.807) is 13.1 Å². The topological polar surface area (TPSA) is 49.4 Å². The van der Waals surface area contributed by atoms with Gasteiger partial charge in [-0.05, 0) is 35.3 Å². The summed E-state index contributed by atoms with van der Waals surface area (Å²) in [5.74, 6) is 0. The van der Waals surface area contributed by atoms with Crippen molar-refractivity contribution in [2.24, 2.45) is 0 Å². The van der Waals surface area contributed by atoms with E-state index < -0.39 is 10.0 Å². The highest BCUT2D eigenvalue weighted by Gasteiger charge is 2.28. The van der Waals surface area contributed by atoms with Crippen LogP contribution in [0.3, 0.4) is 0 Å². The molecule has 1 unspecified atom stereocenters. The first-order valence-electron chi connectivity index (χ1n) is 7.19. The summed E-state index contributed by atoms with van der Waals surface area (Å²) in [6.07, 6.45) is 1.83. The zero-order valence-corrected chi connectivity index (χ0v) is 16.5. The summed E-state index contributed by atoms with van der Waals surface area (Å²) >= 11 is 4.88. The van der Waals surface area contributed by atoms with E-state index in [1.807, 2.05) is 6.92 Å².